The van der Waals surface area contributed by atoms with Gasteiger partial charge in [0.25, 0.3) is 0 Å². The van der Waals surface area contributed by atoms with Gasteiger partial charge in [-0.2, -0.15) is 0 Å². The van der Waals surface area contributed by atoms with Gasteiger partial charge in [0.05, 0.1) is 22.7 Å². The maximum atomic E-state index is 13.4. The summed E-state index contributed by atoms with van der Waals surface area (Å²) in [6.07, 6.45) is 1.02. The Morgan fingerprint density at radius 1 is 1.19 bits per heavy atom. The molecule has 10 nitrogen and oxygen atoms in total. The predicted octanol–water partition coefficient (Wildman–Crippen LogP) is 5.06. The molecule has 0 N–H and O–H groups in total. The lowest BCUT2D eigenvalue weighted by Gasteiger charge is -2.22. The first-order valence-corrected chi connectivity index (χ1v) is 11.8. The second-order valence-corrected chi connectivity index (χ2v) is 8.93. The van der Waals surface area contributed by atoms with Gasteiger partial charge in [0.2, 0.25) is 0 Å². The predicted molar refractivity (Wildman–Crippen MR) is 132 cm³/mol. The second kappa shape index (κ2) is 8.93. The first kappa shape index (κ1) is 23.2. The van der Waals surface area contributed by atoms with Crippen molar-refractivity contribution in [3.63, 3.8) is 0 Å². The van der Waals surface area contributed by atoms with Crippen molar-refractivity contribution in [2.24, 2.45) is 0 Å². The molecule has 1 aliphatic rings. The number of esters is 2. The number of fused-ring (bicyclic) bond motifs is 2. The molecule has 1 aliphatic heterocycles. The molecule has 36 heavy (non-hydrogen) atoms. The molecule has 2 aromatic carbocycles. The van der Waals surface area contributed by atoms with Crippen LogP contribution in [-0.2, 0) is 19.1 Å². The van der Waals surface area contributed by atoms with Gasteiger partial charge in [0.15, 0.2) is 0 Å². The van der Waals surface area contributed by atoms with Crippen LogP contribution < -0.4 is 4.90 Å². The third kappa shape index (κ3) is 3.69. The summed E-state index contributed by atoms with van der Waals surface area (Å²) in [6.45, 7) is 3.05. The van der Waals surface area contributed by atoms with Gasteiger partial charge in [0, 0.05) is 22.8 Å². The number of carbonyl (C=O) groups excluding carboxylic acids is 3. The van der Waals surface area contributed by atoms with Gasteiger partial charge in [-0.25, -0.2) is 9.59 Å². The highest BCUT2D eigenvalue weighted by Crippen LogP contribution is 2.51. The van der Waals surface area contributed by atoms with Crippen molar-refractivity contribution in [1.82, 2.24) is 4.57 Å². The highest BCUT2D eigenvalue weighted by Gasteiger charge is 2.44. The first-order valence-electron chi connectivity index (χ1n) is 11.0. The Morgan fingerprint density at radius 2 is 1.94 bits per heavy atom. The molecule has 0 fully saturated rings. The SMILES string of the molecule is CCOC(=O)C(=O)N(c1ccc2ccn(-c3ccccc3)c2c1)c1c([N+](=O)[O-])sc2c1C(C)OC2=O. The van der Waals surface area contributed by atoms with Gasteiger partial charge < -0.3 is 14.0 Å². The molecule has 2 aromatic heterocycles. The lowest BCUT2D eigenvalue weighted by Crippen LogP contribution is -2.35. The number of cyclic esters (lactones) is 1. The van der Waals surface area contributed by atoms with E-state index in [1.165, 1.54) is 0 Å². The third-order valence-electron chi connectivity index (χ3n) is 5.79. The number of carbonyl (C=O) groups is 3. The fraction of sp³-hybridized carbons (Fsp3) is 0.160. The minimum Gasteiger partial charge on any atom is -0.459 e. The van der Waals surface area contributed by atoms with Crippen LogP contribution in [-0.4, -0.2) is 33.9 Å². The highest BCUT2D eigenvalue weighted by atomic mass is 32.1. The van der Waals surface area contributed by atoms with Crippen molar-refractivity contribution >= 4 is 56.5 Å². The zero-order chi connectivity index (χ0) is 25.6. The Morgan fingerprint density at radius 3 is 2.64 bits per heavy atom. The number of hydrogen-bond acceptors (Lipinski definition) is 8. The molecule has 3 heterocycles. The average Bonchev–Trinajstić information content (AvgIpc) is 3.54. The number of aromatic nitrogens is 1. The zero-order valence-corrected chi connectivity index (χ0v) is 20.0. The maximum Gasteiger partial charge on any atom is 0.397 e. The molecule has 1 atom stereocenters. The van der Waals surface area contributed by atoms with E-state index in [0.29, 0.717) is 16.9 Å². The molecule has 0 saturated heterocycles. The maximum absolute atomic E-state index is 13.4. The molecule has 5 rings (SSSR count). The van der Waals surface area contributed by atoms with Crippen LogP contribution in [0, 0.1) is 10.1 Å². The number of ether oxygens (including phenoxy) is 2. The largest absolute Gasteiger partial charge is 0.459 e. The highest BCUT2D eigenvalue weighted by molar-refractivity contribution is 7.18. The van der Waals surface area contributed by atoms with E-state index in [4.69, 9.17) is 9.47 Å². The van der Waals surface area contributed by atoms with Gasteiger partial charge in [0.1, 0.15) is 16.7 Å². The van der Waals surface area contributed by atoms with Crippen molar-refractivity contribution in [1.29, 1.82) is 0 Å². The molecule has 0 saturated carbocycles. The van der Waals surface area contributed by atoms with Crippen LogP contribution >= 0.6 is 11.3 Å². The van der Waals surface area contributed by atoms with Crippen LogP contribution in [0.2, 0.25) is 0 Å². The summed E-state index contributed by atoms with van der Waals surface area (Å²) >= 11 is 0.615. The minimum atomic E-state index is -1.18. The van der Waals surface area contributed by atoms with Crippen LogP contribution in [0.15, 0.2) is 60.8 Å². The minimum absolute atomic E-state index is 0.0274. The fourth-order valence-electron chi connectivity index (χ4n) is 4.27. The number of nitrogens with zero attached hydrogens (tertiary/aromatic N) is 3. The third-order valence-corrected chi connectivity index (χ3v) is 6.92. The second-order valence-electron chi connectivity index (χ2n) is 7.93. The standard InChI is InChI=1S/C25H19N3O7S/c1-3-34-25(31)22(29)27(20-19-14(2)35-24(30)21(19)36-23(20)28(32)33)17-10-9-15-11-12-26(18(15)13-17)16-7-5-4-6-8-16/h4-14H,3H2,1-2H3. The summed E-state index contributed by atoms with van der Waals surface area (Å²) in [5.41, 5.74) is 1.78. The molecule has 1 amide bonds. The monoisotopic (exact) mass is 505 g/mol. The Hall–Kier alpha value is -4.51. The van der Waals surface area contributed by atoms with E-state index < -0.39 is 33.9 Å². The topological polar surface area (TPSA) is 121 Å². The number of anilines is 2. The molecular formula is C25H19N3O7S. The summed E-state index contributed by atoms with van der Waals surface area (Å²) in [7, 11) is 0. The number of nitro groups is 1. The van der Waals surface area contributed by atoms with E-state index in [1.54, 1.807) is 32.0 Å². The molecule has 11 heteroatoms. The lowest BCUT2D eigenvalue weighted by molar-refractivity contribution is -0.379. The molecular weight excluding hydrogens is 486 g/mol. The van der Waals surface area contributed by atoms with Crippen LogP contribution in [0.1, 0.15) is 35.2 Å². The van der Waals surface area contributed by atoms with E-state index in [-0.39, 0.29) is 28.4 Å². The molecule has 0 spiro atoms. The zero-order valence-electron chi connectivity index (χ0n) is 19.2. The Bertz CT molecular complexity index is 1540. The van der Waals surface area contributed by atoms with Gasteiger partial charge in [-0.05, 0) is 44.2 Å². The van der Waals surface area contributed by atoms with Gasteiger partial charge in [-0.1, -0.05) is 35.6 Å². The fourth-order valence-corrected chi connectivity index (χ4v) is 5.34. The van der Waals surface area contributed by atoms with Crippen molar-refractivity contribution in [2.75, 3.05) is 11.5 Å². The van der Waals surface area contributed by atoms with E-state index >= 15 is 0 Å². The number of amides is 1. The summed E-state index contributed by atoms with van der Waals surface area (Å²) in [4.78, 5) is 50.7. The Labute approximate surface area is 208 Å². The molecule has 0 radical (unpaired) electrons. The van der Waals surface area contributed by atoms with Crippen molar-refractivity contribution in [2.45, 2.75) is 20.0 Å². The van der Waals surface area contributed by atoms with Crippen molar-refractivity contribution in [3.05, 3.63) is 81.3 Å². The van der Waals surface area contributed by atoms with Crippen LogP contribution in [0.5, 0.6) is 0 Å². The Balaban J connectivity index is 1.76. The lowest BCUT2D eigenvalue weighted by atomic mass is 10.1. The normalized spacial score (nSPS) is 14.4. The molecule has 182 valence electrons. The number of benzene rings is 2. The van der Waals surface area contributed by atoms with E-state index in [2.05, 4.69) is 0 Å². The molecule has 0 bridgehead atoms. The first-order chi connectivity index (χ1) is 17.3. The Kier molecular flexibility index (Phi) is 5.77. The van der Waals surface area contributed by atoms with Crippen LogP contribution in [0.3, 0.4) is 0 Å². The number of thiophene rings is 1. The van der Waals surface area contributed by atoms with Crippen LogP contribution in [0.25, 0.3) is 16.6 Å². The molecule has 4 aromatic rings. The van der Waals surface area contributed by atoms with Crippen LogP contribution in [0.4, 0.5) is 16.4 Å². The summed E-state index contributed by atoms with van der Waals surface area (Å²) in [5, 5.41) is 12.4. The number of rotatable bonds is 5. The van der Waals surface area contributed by atoms with Gasteiger partial charge >= 0.3 is 22.8 Å². The van der Waals surface area contributed by atoms with Crippen molar-refractivity contribution in [3.8, 4) is 5.69 Å². The summed E-state index contributed by atoms with van der Waals surface area (Å²) in [6, 6.07) is 16.4. The summed E-state index contributed by atoms with van der Waals surface area (Å²) < 4.78 is 12.1. The number of para-hydroxylation sites is 1. The number of hydrogen-bond donors (Lipinski definition) is 0. The van der Waals surface area contributed by atoms with Crippen molar-refractivity contribution < 1.29 is 28.8 Å². The molecule has 0 aliphatic carbocycles. The quantitative estimate of drug-likeness (QED) is 0.161. The van der Waals surface area contributed by atoms with Gasteiger partial charge in [-0.15, -0.1) is 0 Å². The molecule has 1 unspecified atom stereocenters. The van der Waals surface area contributed by atoms with E-state index in [0.717, 1.165) is 16.0 Å². The smallest absolute Gasteiger partial charge is 0.397 e. The average molecular weight is 506 g/mol. The van der Waals surface area contributed by atoms with E-state index in [9.17, 15) is 24.5 Å². The van der Waals surface area contributed by atoms with Gasteiger partial charge in [-0.3, -0.25) is 19.8 Å². The van der Waals surface area contributed by atoms with E-state index in [1.807, 2.05) is 47.2 Å². The summed E-state index contributed by atoms with van der Waals surface area (Å²) in [5.74, 6) is -3.01.